The van der Waals surface area contributed by atoms with Crippen LogP contribution in [0.25, 0.3) is 0 Å². The van der Waals surface area contributed by atoms with E-state index in [0.717, 1.165) is 12.8 Å². The summed E-state index contributed by atoms with van der Waals surface area (Å²) < 4.78 is 5.54. The monoisotopic (exact) mass is 183 g/mol. The highest BCUT2D eigenvalue weighted by Crippen LogP contribution is 2.24. The Bertz CT molecular complexity index is 256. The van der Waals surface area contributed by atoms with Crippen molar-refractivity contribution in [2.24, 2.45) is 0 Å². The number of aromatic nitrogens is 1. The molecule has 0 radical (unpaired) electrons. The van der Waals surface area contributed by atoms with Gasteiger partial charge in [-0.05, 0) is 25.3 Å². The standard InChI is InChI=1S/C9H10ClNO/c10-7-4-5-9(11-6-7)12-8-2-1-3-8/h4-6,8H,1-3H2. The van der Waals surface area contributed by atoms with Crippen LogP contribution in [0.1, 0.15) is 19.3 Å². The Morgan fingerprint density at radius 2 is 2.25 bits per heavy atom. The van der Waals surface area contributed by atoms with E-state index in [0.29, 0.717) is 17.0 Å². The average Bonchev–Trinajstić information content (AvgIpc) is 2.00. The van der Waals surface area contributed by atoms with Crippen LogP contribution >= 0.6 is 11.6 Å². The molecule has 1 fully saturated rings. The predicted octanol–water partition coefficient (Wildman–Crippen LogP) is 2.67. The molecule has 0 spiro atoms. The SMILES string of the molecule is Clc1ccc(OC2CCC2)nc1. The van der Waals surface area contributed by atoms with Gasteiger partial charge in [0, 0.05) is 12.3 Å². The summed E-state index contributed by atoms with van der Waals surface area (Å²) in [6, 6.07) is 3.60. The molecule has 1 aromatic rings. The zero-order chi connectivity index (χ0) is 8.39. The van der Waals surface area contributed by atoms with E-state index >= 15 is 0 Å². The van der Waals surface area contributed by atoms with E-state index in [1.165, 1.54) is 6.42 Å². The van der Waals surface area contributed by atoms with E-state index in [1.54, 1.807) is 18.3 Å². The number of ether oxygens (including phenoxy) is 1. The molecule has 1 saturated carbocycles. The molecule has 1 heterocycles. The molecule has 64 valence electrons. The first-order valence-corrected chi connectivity index (χ1v) is 4.50. The maximum atomic E-state index is 5.68. The van der Waals surface area contributed by atoms with Gasteiger partial charge in [0.15, 0.2) is 0 Å². The number of nitrogens with zero attached hydrogens (tertiary/aromatic N) is 1. The van der Waals surface area contributed by atoms with Crippen LogP contribution in [0, 0.1) is 0 Å². The Morgan fingerprint density at radius 1 is 1.42 bits per heavy atom. The van der Waals surface area contributed by atoms with Crippen LogP contribution in [0.3, 0.4) is 0 Å². The van der Waals surface area contributed by atoms with Crippen molar-refractivity contribution in [2.75, 3.05) is 0 Å². The summed E-state index contributed by atoms with van der Waals surface area (Å²) >= 11 is 5.68. The maximum Gasteiger partial charge on any atom is 0.213 e. The van der Waals surface area contributed by atoms with Gasteiger partial charge in [0.2, 0.25) is 5.88 Å². The summed E-state index contributed by atoms with van der Waals surface area (Å²) in [4.78, 5) is 4.05. The summed E-state index contributed by atoms with van der Waals surface area (Å²) in [5.74, 6) is 0.684. The minimum atomic E-state index is 0.388. The van der Waals surface area contributed by atoms with Crippen LogP contribution < -0.4 is 4.74 Å². The predicted molar refractivity (Wildman–Crippen MR) is 47.5 cm³/mol. The molecule has 0 bridgehead atoms. The van der Waals surface area contributed by atoms with Crippen molar-refractivity contribution in [2.45, 2.75) is 25.4 Å². The van der Waals surface area contributed by atoms with Crippen LogP contribution in [-0.2, 0) is 0 Å². The Kier molecular flexibility index (Phi) is 2.17. The average molecular weight is 184 g/mol. The van der Waals surface area contributed by atoms with E-state index in [4.69, 9.17) is 16.3 Å². The van der Waals surface area contributed by atoms with Crippen molar-refractivity contribution < 1.29 is 4.74 Å². The smallest absolute Gasteiger partial charge is 0.213 e. The fraction of sp³-hybridized carbons (Fsp3) is 0.444. The van der Waals surface area contributed by atoms with Crippen molar-refractivity contribution >= 4 is 11.6 Å². The van der Waals surface area contributed by atoms with Crippen molar-refractivity contribution in [1.29, 1.82) is 0 Å². The van der Waals surface area contributed by atoms with Gasteiger partial charge >= 0.3 is 0 Å². The van der Waals surface area contributed by atoms with E-state index in [1.807, 2.05) is 0 Å². The molecule has 0 N–H and O–H groups in total. The molecular formula is C9H10ClNO. The third kappa shape index (κ3) is 1.69. The number of pyridine rings is 1. The van der Waals surface area contributed by atoms with Crippen molar-refractivity contribution in [3.05, 3.63) is 23.4 Å². The number of halogens is 1. The Morgan fingerprint density at radius 3 is 2.75 bits per heavy atom. The minimum absolute atomic E-state index is 0.388. The highest BCUT2D eigenvalue weighted by atomic mass is 35.5. The summed E-state index contributed by atoms with van der Waals surface area (Å²) in [6.07, 6.45) is 5.58. The maximum absolute atomic E-state index is 5.68. The molecule has 0 amide bonds. The van der Waals surface area contributed by atoms with E-state index in [9.17, 15) is 0 Å². The van der Waals surface area contributed by atoms with Crippen molar-refractivity contribution in [3.63, 3.8) is 0 Å². The molecule has 2 nitrogen and oxygen atoms in total. The Labute approximate surface area is 76.5 Å². The zero-order valence-corrected chi connectivity index (χ0v) is 7.42. The number of hydrogen-bond donors (Lipinski definition) is 0. The van der Waals surface area contributed by atoms with Crippen LogP contribution in [0.4, 0.5) is 0 Å². The zero-order valence-electron chi connectivity index (χ0n) is 6.66. The molecular weight excluding hydrogens is 174 g/mol. The fourth-order valence-electron chi connectivity index (χ4n) is 1.09. The molecule has 0 unspecified atom stereocenters. The Hall–Kier alpha value is -0.760. The number of hydrogen-bond acceptors (Lipinski definition) is 2. The molecule has 2 rings (SSSR count). The molecule has 0 aliphatic heterocycles. The molecule has 1 aliphatic rings. The summed E-state index contributed by atoms with van der Waals surface area (Å²) in [5.41, 5.74) is 0. The van der Waals surface area contributed by atoms with Gasteiger partial charge in [0.05, 0.1) is 5.02 Å². The van der Waals surface area contributed by atoms with Crippen LogP contribution in [0.5, 0.6) is 5.88 Å². The lowest BCUT2D eigenvalue weighted by molar-refractivity contribution is 0.114. The molecule has 0 saturated heterocycles. The van der Waals surface area contributed by atoms with Gasteiger partial charge < -0.3 is 4.74 Å². The molecule has 1 aliphatic carbocycles. The summed E-state index contributed by atoms with van der Waals surface area (Å²) in [6.45, 7) is 0. The highest BCUT2D eigenvalue weighted by Gasteiger charge is 2.19. The lowest BCUT2D eigenvalue weighted by Crippen LogP contribution is -2.24. The molecule has 0 atom stereocenters. The largest absolute Gasteiger partial charge is 0.474 e. The van der Waals surface area contributed by atoms with Gasteiger partial charge in [-0.1, -0.05) is 11.6 Å². The van der Waals surface area contributed by atoms with Crippen LogP contribution in [0.2, 0.25) is 5.02 Å². The third-order valence-corrected chi connectivity index (χ3v) is 2.26. The Balaban J connectivity index is 1.98. The van der Waals surface area contributed by atoms with Crippen molar-refractivity contribution in [3.8, 4) is 5.88 Å². The van der Waals surface area contributed by atoms with Crippen LogP contribution in [0.15, 0.2) is 18.3 Å². The lowest BCUT2D eigenvalue weighted by Gasteiger charge is -2.25. The van der Waals surface area contributed by atoms with Gasteiger partial charge in [-0.2, -0.15) is 0 Å². The minimum Gasteiger partial charge on any atom is -0.474 e. The van der Waals surface area contributed by atoms with Crippen molar-refractivity contribution in [1.82, 2.24) is 4.98 Å². The van der Waals surface area contributed by atoms with Gasteiger partial charge in [-0.15, -0.1) is 0 Å². The van der Waals surface area contributed by atoms with E-state index in [2.05, 4.69) is 4.98 Å². The number of rotatable bonds is 2. The van der Waals surface area contributed by atoms with Gasteiger partial charge in [0.1, 0.15) is 6.10 Å². The van der Waals surface area contributed by atoms with Gasteiger partial charge in [-0.25, -0.2) is 4.98 Å². The molecule has 3 heteroatoms. The summed E-state index contributed by atoms with van der Waals surface area (Å²) in [5, 5.41) is 0.649. The summed E-state index contributed by atoms with van der Waals surface area (Å²) in [7, 11) is 0. The van der Waals surface area contributed by atoms with E-state index in [-0.39, 0.29) is 0 Å². The first-order chi connectivity index (χ1) is 5.84. The van der Waals surface area contributed by atoms with Gasteiger partial charge in [0.25, 0.3) is 0 Å². The second kappa shape index (κ2) is 3.31. The second-order valence-electron chi connectivity index (χ2n) is 2.99. The lowest BCUT2D eigenvalue weighted by atomic mass is 9.96. The molecule has 0 aromatic carbocycles. The van der Waals surface area contributed by atoms with Crippen LogP contribution in [-0.4, -0.2) is 11.1 Å². The second-order valence-corrected chi connectivity index (χ2v) is 3.42. The highest BCUT2D eigenvalue weighted by molar-refractivity contribution is 6.30. The first-order valence-electron chi connectivity index (χ1n) is 4.13. The molecule has 12 heavy (non-hydrogen) atoms. The first kappa shape index (κ1) is 7.87. The topological polar surface area (TPSA) is 22.1 Å². The van der Waals surface area contributed by atoms with Gasteiger partial charge in [-0.3, -0.25) is 0 Å². The normalized spacial score (nSPS) is 17.1. The molecule has 1 aromatic heterocycles. The fourth-order valence-corrected chi connectivity index (χ4v) is 1.20. The van der Waals surface area contributed by atoms with E-state index < -0.39 is 0 Å². The quantitative estimate of drug-likeness (QED) is 0.704. The third-order valence-electron chi connectivity index (χ3n) is 2.04.